The summed E-state index contributed by atoms with van der Waals surface area (Å²) in [5, 5.41) is 1.69. The van der Waals surface area contributed by atoms with Gasteiger partial charge in [0.25, 0.3) is 11.8 Å². The van der Waals surface area contributed by atoms with Crippen molar-refractivity contribution in [2.75, 3.05) is 12.1 Å². The lowest BCUT2D eigenvalue weighted by atomic mass is 10.1. The van der Waals surface area contributed by atoms with Gasteiger partial charge in [-0.3, -0.25) is 15.0 Å². The number of hydrazine groups is 1. The zero-order valence-corrected chi connectivity index (χ0v) is 13.9. The number of halogens is 1. The molecule has 1 aliphatic rings. The van der Waals surface area contributed by atoms with E-state index in [1.54, 1.807) is 48.5 Å². The van der Waals surface area contributed by atoms with Crippen LogP contribution >= 0.6 is 11.6 Å². The molecule has 0 aromatic heterocycles. The largest absolute Gasteiger partial charge is 0.465 e. The molecule has 0 bridgehead atoms. The van der Waals surface area contributed by atoms with E-state index in [9.17, 15) is 14.4 Å². The van der Waals surface area contributed by atoms with E-state index in [4.69, 9.17) is 11.6 Å². The van der Waals surface area contributed by atoms with Gasteiger partial charge in [0.2, 0.25) is 0 Å². The van der Waals surface area contributed by atoms with Gasteiger partial charge in [-0.05, 0) is 48.0 Å². The number of benzene rings is 2. The first-order valence-electron chi connectivity index (χ1n) is 7.30. The van der Waals surface area contributed by atoms with E-state index in [1.165, 1.54) is 13.2 Å². The Morgan fingerprint density at radius 1 is 1.08 bits per heavy atom. The maximum absolute atomic E-state index is 12.5. The van der Waals surface area contributed by atoms with Crippen molar-refractivity contribution in [3.63, 3.8) is 0 Å². The Balaban J connectivity index is 1.85. The lowest BCUT2D eigenvalue weighted by Gasteiger charge is -2.14. The van der Waals surface area contributed by atoms with Gasteiger partial charge in [0.05, 0.1) is 18.4 Å². The molecule has 0 spiro atoms. The minimum absolute atomic E-state index is 0.000711. The van der Waals surface area contributed by atoms with E-state index < -0.39 is 17.8 Å². The summed E-state index contributed by atoms with van der Waals surface area (Å²) in [5.41, 5.74) is 4.01. The summed E-state index contributed by atoms with van der Waals surface area (Å²) >= 11 is 5.83. The Labute approximate surface area is 148 Å². The number of hydrogen-bond acceptors (Lipinski definition) is 4. The average Bonchev–Trinajstić information content (AvgIpc) is 2.90. The minimum Gasteiger partial charge on any atom is -0.465 e. The Bertz CT molecular complexity index is 873. The third kappa shape index (κ3) is 3.39. The highest BCUT2D eigenvalue weighted by molar-refractivity contribution is 6.32. The normalized spacial score (nSPS) is 15.4. The molecule has 0 atom stereocenters. The molecule has 0 aliphatic carbocycles. The highest BCUT2D eigenvalue weighted by Crippen LogP contribution is 2.23. The summed E-state index contributed by atoms with van der Waals surface area (Å²) in [4.78, 5) is 36.0. The predicted molar refractivity (Wildman–Crippen MR) is 92.8 cm³/mol. The Hall–Kier alpha value is -3.12. The van der Waals surface area contributed by atoms with Crippen LogP contribution in [0.4, 0.5) is 5.69 Å². The van der Waals surface area contributed by atoms with Gasteiger partial charge in [-0.25, -0.2) is 9.80 Å². The summed E-state index contributed by atoms with van der Waals surface area (Å²) in [5.74, 6) is -1.43. The van der Waals surface area contributed by atoms with E-state index in [1.807, 2.05) is 0 Å². The second kappa shape index (κ2) is 6.78. The number of nitrogens with one attached hydrogen (secondary N) is 1. The number of methoxy groups -OCH3 is 1. The fraction of sp³-hybridized carbons (Fsp3) is 0.0556. The molecule has 6 nitrogen and oxygen atoms in total. The van der Waals surface area contributed by atoms with Crippen molar-refractivity contribution in [1.82, 2.24) is 5.43 Å². The molecule has 7 heteroatoms. The van der Waals surface area contributed by atoms with Gasteiger partial charge in [0, 0.05) is 5.02 Å². The summed E-state index contributed by atoms with van der Waals surface area (Å²) in [6.45, 7) is 0. The van der Waals surface area contributed by atoms with Crippen LogP contribution in [0.5, 0.6) is 0 Å². The van der Waals surface area contributed by atoms with Gasteiger partial charge in [-0.1, -0.05) is 23.7 Å². The van der Waals surface area contributed by atoms with Crippen molar-refractivity contribution < 1.29 is 19.1 Å². The number of carbonyl (C=O) groups is 3. The van der Waals surface area contributed by atoms with E-state index in [2.05, 4.69) is 10.2 Å². The van der Waals surface area contributed by atoms with Gasteiger partial charge in [-0.2, -0.15) is 0 Å². The number of ether oxygens (including phenoxy) is 1. The first-order chi connectivity index (χ1) is 12.0. The maximum atomic E-state index is 12.5. The molecule has 2 aromatic rings. The molecular weight excluding hydrogens is 344 g/mol. The van der Waals surface area contributed by atoms with Crippen LogP contribution in [0.15, 0.2) is 54.1 Å². The average molecular weight is 357 g/mol. The predicted octanol–water partition coefficient (Wildman–Crippen LogP) is 2.59. The Morgan fingerprint density at radius 3 is 2.32 bits per heavy atom. The number of rotatable bonds is 3. The highest BCUT2D eigenvalue weighted by Gasteiger charge is 2.34. The molecule has 25 heavy (non-hydrogen) atoms. The molecular formula is C18H13ClN2O4. The van der Waals surface area contributed by atoms with Gasteiger partial charge >= 0.3 is 5.97 Å². The summed E-state index contributed by atoms with van der Waals surface area (Å²) < 4.78 is 4.63. The van der Waals surface area contributed by atoms with E-state index in [0.29, 0.717) is 21.8 Å². The van der Waals surface area contributed by atoms with Crippen molar-refractivity contribution in [2.24, 2.45) is 0 Å². The number of nitrogens with zero attached hydrogens (tertiary/aromatic N) is 1. The van der Waals surface area contributed by atoms with Crippen molar-refractivity contribution in [3.8, 4) is 0 Å². The summed E-state index contributed by atoms with van der Waals surface area (Å²) in [6, 6.07) is 12.9. The topological polar surface area (TPSA) is 75.7 Å². The molecule has 2 amide bonds. The zero-order valence-electron chi connectivity index (χ0n) is 13.2. The van der Waals surface area contributed by atoms with Gasteiger partial charge in [0.15, 0.2) is 0 Å². The van der Waals surface area contributed by atoms with E-state index in [0.717, 1.165) is 5.01 Å². The monoisotopic (exact) mass is 356 g/mol. The molecule has 0 unspecified atom stereocenters. The number of amides is 2. The highest BCUT2D eigenvalue weighted by atomic mass is 35.5. The molecule has 1 N–H and O–H groups in total. The van der Waals surface area contributed by atoms with Gasteiger partial charge in [-0.15, -0.1) is 0 Å². The van der Waals surface area contributed by atoms with Crippen LogP contribution in [0.1, 0.15) is 15.9 Å². The number of anilines is 1. The third-order valence-electron chi connectivity index (χ3n) is 3.62. The quantitative estimate of drug-likeness (QED) is 0.521. The van der Waals surface area contributed by atoms with E-state index >= 15 is 0 Å². The second-order valence-corrected chi connectivity index (χ2v) is 5.67. The maximum Gasteiger partial charge on any atom is 0.337 e. The number of hydrogen-bond donors (Lipinski definition) is 1. The van der Waals surface area contributed by atoms with Crippen LogP contribution in [0.2, 0.25) is 5.02 Å². The third-order valence-corrected chi connectivity index (χ3v) is 3.87. The molecule has 1 aliphatic heterocycles. The van der Waals surface area contributed by atoms with Crippen LogP contribution in [0.3, 0.4) is 0 Å². The fourth-order valence-corrected chi connectivity index (χ4v) is 2.46. The lowest BCUT2D eigenvalue weighted by molar-refractivity contribution is -0.117. The zero-order chi connectivity index (χ0) is 18.0. The van der Waals surface area contributed by atoms with E-state index in [-0.39, 0.29) is 5.57 Å². The molecule has 1 heterocycles. The fourth-order valence-electron chi connectivity index (χ4n) is 2.33. The van der Waals surface area contributed by atoms with Crippen molar-refractivity contribution in [2.45, 2.75) is 0 Å². The molecule has 1 fully saturated rings. The second-order valence-electron chi connectivity index (χ2n) is 5.23. The van der Waals surface area contributed by atoms with Crippen LogP contribution in [0, 0.1) is 0 Å². The minimum atomic E-state index is -0.503. The number of carbonyl (C=O) groups excluding carboxylic acids is 3. The smallest absolute Gasteiger partial charge is 0.337 e. The van der Waals surface area contributed by atoms with Crippen LogP contribution in [0.25, 0.3) is 6.08 Å². The Morgan fingerprint density at radius 2 is 1.72 bits per heavy atom. The van der Waals surface area contributed by atoms with Crippen molar-refractivity contribution in [1.29, 1.82) is 0 Å². The molecule has 1 saturated heterocycles. The van der Waals surface area contributed by atoms with Crippen LogP contribution < -0.4 is 10.4 Å². The van der Waals surface area contributed by atoms with Gasteiger partial charge < -0.3 is 4.74 Å². The molecule has 0 saturated carbocycles. The van der Waals surface area contributed by atoms with Crippen LogP contribution in [-0.2, 0) is 14.3 Å². The first kappa shape index (κ1) is 16.7. The first-order valence-corrected chi connectivity index (χ1v) is 7.68. The standard InChI is InChI=1S/C18H13ClN2O4/c1-25-18(24)12-4-2-11(3-5-12)10-15-16(22)20-21(17(15)23)14-8-6-13(19)7-9-14/h2-10H,1H3,(H,20,22)/b15-10-. The number of esters is 1. The van der Waals surface area contributed by atoms with Crippen LogP contribution in [-0.4, -0.2) is 24.9 Å². The SMILES string of the molecule is COC(=O)c1ccc(/C=C2/C(=O)NN(c3ccc(Cl)cc3)C2=O)cc1. The van der Waals surface area contributed by atoms with Gasteiger partial charge in [0.1, 0.15) is 5.57 Å². The lowest BCUT2D eigenvalue weighted by Crippen LogP contribution is -2.35. The Kier molecular flexibility index (Phi) is 4.54. The summed E-state index contributed by atoms with van der Waals surface area (Å²) in [6.07, 6.45) is 1.47. The molecule has 126 valence electrons. The van der Waals surface area contributed by atoms with Crippen molar-refractivity contribution in [3.05, 3.63) is 70.3 Å². The molecule has 3 rings (SSSR count). The van der Waals surface area contributed by atoms with Crippen molar-refractivity contribution >= 4 is 41.1 Å². The summed E-state index contributed by atoms with van der Waals surface area (Å²) in [7, 11) is 1.30. The molecule has 0 radical (unpaired) electrons. The molecule has 2 aromatic carbocycles.